The van der Waals surface area contributed by atoms with Crippen molar-refractivity contribution in [3.8, 4) is 0 Å². The fraction of sp³-hybridized carbons (Fsp3) is 0.450. The van der Waals surface area contributed by atoms with E-state index in [0.29, 0.717) is 19.4 Å². The lowest BCUT2D eigenvalue weighted by Crippen LogP contribution is -2.60. The Morgan fingerprint density at radius 3 is 2.20 bits per heavy atom. The van der Waals surface area contributed by atoms with Crippen LogP contribution in [0.15, 0.2) is 18.2 Å². The van der Waals surface area contributed by atoms with Crippen LogP contribution in [-0.2, 0) is 9.59 Å². The van der Waals surface area contributed by atoms with Crippen LogP contribution in [0.1, 0.15) is 43.9 Å². The first-order chi connectivity index (χ1) is 14.4. The molecule has 0 bridgehead atoms. The zero-order chi connectivity index (χ0) is 21.2. The molecule has 4 heterocycles. The molecule has 3 N–H and O–H groups in total. The highest BCUT2D eigenvalue weighted by Gasteiger charge is 2.53. The van der Waals surface area contributed by atoms with Gasteiger partial charge in [0.05, 0.1) is 11.1 Å². The molecule has 10 heteroatoms. The molecule has 4 aliphatic heterocycles. The van der Waals surface area contributed by atoms with E-state index in [2.05, 4.69) is 16.0 Å². The van der Waals surface area contributed by atoms with Gasteiger partial charge in [0.25, 0.3) is 17.7 Å². The molecular weight excluding hydrogens is 390 g/mol. The molecule has 1 aromatic carbocycles. The number of nitrogens with one attached hydrogen (secondary N) is 3. The van der Waals surface area contributed by atoms with E-state index in [0.717, 1.165) is 0 Å². The Morgan fingerprint density at radius 1 is 0.933 bits per heavy atom. The zero-order valence-electron chi connectivity index (χ0n) is 16.3. The van der Waals surface area contributed by atoms with Crippen LogP contribution in [0.25, 0.3) is 0 Å². The molecule has 4 aliphatic rings. The molecule has 0 spiro atoms. The lowest BCUT2D eigenvalue weighted by Gasteiger charge is -2.38. The molecule has 0 aliphatic carbocycles. The molecule has 0 aromatic heterocycles. The fourth-order valence-corrected chi connectivity index (χ4v) is 4.90. The minimum absolute atomic E-state index is 0.0678. The van der Waals surface area contributed by atoms with Crippen molar-refractivity contribution in [2.45, 2.75) is 37.0 Å². The molecule has 0 saturated carbocycles. The Balaban J connectivity index is 1.30. The third-order valence-corrected chi connectivity index (χ3v) is 6.48. The molecule has 3 saturated heterocycles. The molecule has 4 unspecified atom stereocenters. The van der Waals surface area contributed by atoms with Gasteiger partial charge in [0, 0.05) is 30.7 Å². The highest BCUT2D eigenvalue weighted by Crippen LogP contribution is 2.32. The van der Waals surface area contributed by atoms with Gasteiger partial charge in [0.1, 0.15) is 12.1 Å². The van der Waals surface area contributed by atoms with Crippen molar-refractivity contribution >= 4 is 29.5 Å². The summed E-state index contributed by atoms with van der Waals surface area (Å²) in [5.41, 5.74) is 0.659. The van der Waals surface area contributed by atoms with Gasteiger partial charge in [-0.05, 0) is 38.1 Å². The van der Waals surface area contributed by atoms with Crippen LogP contribution < -0.4 is 16.0 Å². The smallest absolute Gasteiger partial charge is 0.258 e. The van der Waals surface area contributed by atoms with Crippen LogP contribution in [-0.4, -0.2) is 83.6 Å². The van der Waals surface area contributed by atoms with Crippen LogP contribution in [0.2, 0.25) is 0 Å². The van der Waals surface area contributed by atoms with Crippen LogP contribution in [0.4, 0.5) is 0 Å². The number of imide groups is 1. The number of rotatable bonds is 3. The summed E-state index contributed by atoms with van der Waals surface area (Å²) in [4.78, 5) is 65.2. The van der Waals surface area contributed by atoms with Gasteiger partial charge in [-0.1, -0.05) is 0 Å². The Kier molecular flexibility index (Phi) is 4.14. The second kappa shape index (κ2) is 6.63. The molecule has 1 aromatic rings. The monoisotopic (exact) mass is 411 g/mol. The Morgan fingerprint density at radius 2 is 1.53 bits per heavy atom. The predicted molar refractivity (Wildman–Crippen MR) is 103 cm³/mol. The van der Waals surface area contributed by atoms with Crippen LogP contribution >= 0.6 is 0 Å². The van der Waals surface area contributed by atoms with Crippen molar-refractivity contribution < 1.29 is 24.0 Å². The first-order valence-electron chi connectivity index (χ1n) is 9.96. The maximum atomic E-state index is 12.9. The number of carbonyl (C=O) groups excluding carboxylic acids is 5. The number of piperazine rings is 1. The van der Waals surface area contributed by atoms with Gasteiger partial charge >= 0.3 is 0 Å². The van der Waals surface area contributed by atoms with E-state index in [4.69, 9.17) is 0 Å². The molecule has 5 rings (SSSR count). The summed E-state index contributed by atoms with van der Waals surface area (Å²) >= 11 is 0. The summed E-state index contributed by atoms with van der Waals surface area (Å²) in [6.07, 6.45) is 0.949. The van der Waals surface area contributed by atoms with E-state index in [-0.39, 0.29) is 47.1 Å². The summed E-state index contributed by atoms with van der Waals surface area (Å²) in [7, 11) is 1.82. The number of likely N-dealkylation sites (N-methyl/N-ethyl adjacent to an activating group) is 1. The highest BCUT2D eigenvalue weighted by atomic mass is 16.2. The Bertz CT molecular complexity index is 975. The van der Waals surface area contributed by atoms with Crippen LogP contribution in [0.3, 0.4) is 0 Å². The standard InChI is InChI=1S/C20H21N5O5/c1-21-10-5-14-19(29)25-8-11(6-15(25)20(30)24(14)7-10)22-16(26)9-2-3-12-13(4-9)18(28)23-17(12)27/h2-4,10-11,14-15,21H,5-8H2,1H3,(H,22,26)(H,23,27,28). The predicted octanol–water partition coefficient (Wildman–Crippen LogP) is -1.53. The number of benzene rings is 1. The van der Waals surface area contributed by atoms with Crippen molar-refractivity contribution in [2.75, 3.05) is 20.1 Å². The Labute approximate surface area is 171 Å². The second-order valence-corrected chi connectivity index (χ2v) is 8.18. The zero-order valence-corrected chi connectivity index (χ0v) is 16.3. The largest absolute Gasteiger partial charge is 0.347 e. The first kappa shape index (κ1) is 18.7. The van der Waals surface area contributed by atoms with Crippen molar-refractivity contribution in [3.05, 3.63) is 34.9 Å². The first-order valence-corrected chi connectivity index (χ1v) is 9.96. The number of hydrogen-bond donors (Lipinski definition) is 3. The molecule has 0 radical (unpaired) electrons. The van der Waals surface area contributed by atoms with E-state index in [9.17, 15) is 24.0 Å². The van der Waals surface area contributed by atoms with Gasteiger partial charge in [0.2, 0.25) is 11.8 Å². The molecule has 4 atom stereocenters. The molecule has 156 valence electrons. The molecular formula is C20H21N5O5. The third-order valence-electron chi connectivity index (χ3n) is 6.48. The van der Waals surface area contributed by atoms with Crippen LogP contribution in [0, 0.1) is 0 Å². The number of fused-ring (bicyclic) bond motifs is 3. The summed E-state index contributed by atoms with van der Waals surface area (Å²) in [6, 6.07) is 3.08. The average molecular weight is 411 g/mol. The van der Waals surface area contributed by atoms with Gasteiger partial charge in [-0.15, -0.1) is 0 Å². The topological polar surface area (TPSA) is 128 Å². The van der Waals surface area contributed by atoms with Crippen molar-refractivity contribution in [1.82, 2.24) is 25.8 Å². The molecule has 30 heavy (non-hydrogen) atoms. The molecule has 3 fully saturated rings. The lowest BCUT2D eigenvalue weighted by molar-refractivity contribution is -0.156. The maximum absolute atomic E-state index is 12.9. The average Bonchev–Trinajstić information content (AvgIpc) is 3.42. The highest BCUT2D eigenvalue weighted by molar-refractivity contribution is 6.22. The van der Waals surface area contributed by atoms with E-state index in [1.54, 1.807) is 9.80 Å². The fourth-order valence-electron chi connectivity index (χ4n) is 4.90. The number of hydrogen-bond acceptors (Lipinski definition) is 6. The number of carbonyl (C=O) groups is 5. The van der Waals surface area contributed by atoms with Crippen molar-refractivity contribution in [1.29, 1.82) is 0 Å². The van der Waals surface area contributed by atoms with Gasteiger partial charge in [-0.3, -0.25) is 29.3 Å². The third kappa shape index (κ3) is 2.71. The van der Waals surface area contributed by atoms with Crippen molar-refractivity contribution in [2.24, 2.45) is 0 Å². The maximum Gasteiger partial charge on any atom is 0.258 e. The van der Waals surface area contributed by atoms with Crippen LogP contribution in [0.5, 0.6) is 0 Å². The van der Waals surface area contributed by atoms with E-state index in [1.807, 2.05) is 7.05 Å². The lowest BCUT2D eigenvalue weighted by atomic mass is 10.0. The summed E-state index contributed by atoms with van der Waals surface area (Å²) in [5, 5.41) is 8.19. The van der Waals surface area contributed by atoms with Crippen molar-refractivity contribution in [3.63, 3.8) is 0 Å². The minimum atomic E-state index is -0.557. The second-order valence-electron chi connectivity index (χ2n) is 8.18. The van der Waals surface area contributed by atoms with Gasteiger partial charge in [-0.2, -0.15) is 0 Å². The molecule has 10 nitrogen and oxygen atoms in total. The number of nitrogens with zero attached hydrogens (tertiary/aromatic N) is 2. The minimum Gasteiger partial charge on any atom is -0.347 e. The van der Waals surface area contributed by atoms with Gasteiger partial charge in [-0.25, -0.2) is 0 Å². The van der Waals surface area contributed by atoms with E-state index >= 15 is 0 Å². The SMILES string of the molecule is CNC1CC2C(=O)N3CC(NC(=O)c4ccc5c(c4)C(=O)NC5=O)CC3C(=O)N2C1. The summed E-state index contributed by atoms with van der Waals surface area (Å²) in [5.74, 6) is -1.55. The molecule has 5 amide bonds. The Hall–Kier alpha value is -3.27. The van der Waals surface area contributed by atoms with Gasteiger partial charge < -0.3 is 20.4 Å². The number of amides is 5. The van der Waals surface area contributed by atoms with E-state index < -0.39 is 29.8 Å². The normalized spacial score (nSPS) is 29.6. The van der Waals surface area contributed by atoms with Gasteiger partial charge in [0.15, 0.2) is 0 Å². The van der Waals surface area contributed by atoms with E-state index in [1.165, 1.54) is 18.2 Å². The quantitative estimate of drug-likeness (QED) is 0.518. The summed E-state index contributed by atoms with van der Waals surface area (Å²) < 4.78 is 0. The summed E-state index contributed by atoms with van der Waals surface area (Å²) in [6.45, 7) is 0.794.